The quantitative estimate of drug-likeness (QED) is 0.758. The van der Waals surface area contributed by atoms with Crippen LogP contribution in [0.4, 0.5) is 5.69 Å². The Morgan fingerprint density at radius 1 is 1.42 bits per heavy atom. The van der Waals surface area contributed by atoms with Crippen molar-refractivity contribution in [2.75, 3.05) is 19.0 Å². The minimum atomic E-state index is -0.944. The number of carbonyl (C=O) groups excluding carboxylic acids is 1. The number of nitrogens with one attached hydrogen (secondary N) is 1. The summed E-state index contributed by atoms with van der Waals surface area (Å²) in [4.78, 5) is 21.8. The van der Waals surface area contributed by atoms with E-state index in [1.165, 1.54) is 7.11 Å². The number of carboxylic acid groups (broad SMARTS) is 1. The summed E-state index contributed by atoms with van der Waals surface area (Å²) in [6.07, 6.45) is 0. The molecule has 6 heteroatoms. The van der Waals surface area contributed by atoms with Crippen molar-refractivity contribution in [1.29, 1.82) is 0 Å². The lowest BCUT2D eigenvalue weighted by atomic mass is 10.1. The molecule has 1 aromatic rings. The van der Waals surface area contributed by atoms with Crippen LogP contribution < -0.4 is 10.1 Å². The van der Waals surface area contributed by atoms with Crippen molar-refractivity contribution < 1.29 is 24.2 Å². The Hall–Kier alpha value is -2.24. The van der Waals surface area contributed by atoms with Gasteiger partial charge in [-0.1, -0.05) is 6.07 Å². The SMILES string of the molecule is COC(=O)COc1ccc(C)c(NC(C)C(=O)O)c1. The first-order chi connectivity index (χ1) is 8.93. The summed E-state index contributed by atoms with van der Waals surface area (Å²) in [5, 5.41) is 11.7. The average Bonchev–Trinajstić information content (AvgIpc) is 2.38. The van der Waals surface area contributed by atoms with Crippen molar-refractivity contribution in [3.05, 3.63) is 23.8 Å². The molecule has 0 saturated heterocycles. The third-order valence-electron chi connectivity index (χ3n) is 2.54. The lowest BCUT2D eigenvalue weighted by Crippen LogP contribution is -2.25. The van der Waals surface area contributed by atoms with E-state index in [2.05, 4.69) is 10.1 Å². The smallest absolute Gasteiger partial charge is 0.343 e. The summed E-state index contributed by atoms with van der Waals surface area (Å²) in [5.74, 6) is -0.953. The number of methoxy groups -OCH3 is 1. The van der Waals surface area contributed by atoms with Gasteiger partial charge in [-0.05, 0) is 25.5 Å². The fourth-order valence-corrected chi connectivity index (χ4v) is 1.34. The summed E-state index contributed by atoms with van der Waals surface area (Å²) in [6.45, 7) is 3.21. The molecule has 1 rings (SSSR count). The van der Waals surface area contributed by atoms with Crippen LogP contribution in [0.1, 0.15) is 12.5 Å². The van der Waals surface area contributed by atoms with Gasteiger partial charge in [-0.15, -0.1) is 0 Å². The zero-order valence-electron chi connectivity index (χ0n) is 11.1. The van der Waals surface area contributed by atoms with Crippen LogP contribution in [0.25, 0.3) is 0 Å². The maximum atomic E-state index is 11.0. The molecule has 0 aromatic heterocycles. The molecule has 0 fully saturated rings. The minimum absolute atomic E-state index is 0.187. The zero-order chi connectivity index (χ0) is 14.4. The number of benzene rings is 1. The fraction of sp³-hybridized carbons (Fsp3) is 0.385. The van der Waals surface area contributed by atoms with E-state index in [0.29, 0.717) is 11.4 Å². The molecule has 1 aromatic carbocycles. The van der Waals surface area contributed by atoms with Gasteiger partial charge in [-0.2, -0.15) is 0 Å². The summed E-state index contributed by atoms with van der Waals surface area (Å²) < 4.78 is 9.70. The molecule has 0 heterocycles. The Labute approximate surface area is 111 Å². The highest BCUT2D eigenvalue weighted by Gasteiger charge is 2.12. The van der Waals surface area contributed by atoms with E-state index in [1.54, 1.807) is 25.1 Å². The Kier molecular flexibility index (Phi) is 5.17. The van der Waals surface area contributed by atoms with Crippen LogP contribution >= 0.6 is 0 Å². The van der Waals surface area contributed by atoms with Gasteiger partial charge in [0.2, 0.25) is 0 Å². The van der Waals surface area contributed by atoms with E-state index in [0.717, 1.165) is 5.56 Å². The molecule has 1 unspecified atom stereocenters. The van der Waals surface area contributed by atoms with E-state index in [4.69, 9.17) is 9.84 Å². The first-order valence-electron chi connectivity index (χ1n) is 5.73. The highest BCUT2D eigenvalue weighted by molar-refractivity contribution is 5.77. The highest BCUT2D eigenvalue weighted by Crippen LogP contribution is 2.22. The molecule has 0 aliphatic carbocycles. The van der Waals surface area contributed by atoms with Gasteiger partial charge < -0.3 is 19.9 Å². The Bertz CT molecular complexity index is 472. The molecule has 0 saturated carbocycles. The second kappa shape index (κ2) is 6.63. The van der Waals surface area contributed by atoms with Gasteiger partial charge in [0, 0.05) is 11.8 Å². The predicted molar refractivity (Wildman–Crippen MR) is 69.4 cm³/mol. The van der Waals surface area contributed by atoms with Gasteiger partial charge in [0.25, 0.3) is 0 Å². The minimum Gasteiger partial charge on any atom is -0.482 e. The molecule has 0 aliphatic heterocycles. The monoisotopic (exact) mass is 267 g/mol. The first-order valence-corrected chi connectivity index (χ1v) is 5.73. The van der Waals surface area contributed by atoms with Crippen LogP contribution in [0.3, 0.4) is 0 Å². The molecule has 0 amide bonds. The second-order valence-electron chi connectivity index (χ2n) is 4.05. The molecule has 0 aliphatic rings. The van der Waals surface area contributed by atoms with Crippen molar-refractivity contribution in [3.63, 3.8) is 0 Å². The van der Waals surface area contributed by atoms with Crippen LogP contribution in [0.5, 0.6) is 5.75 Å². The van der Waals surface area contributed by atoms with Crippen LogP contribution in [-0.2, 0) is 14.3 Å². The van der Waals surface area contributed by atoms with Crippen LogP contribution in [0, 0.1) is 6.92 Å². The number of aryl methyl sites for hydroxylation is 1. The topological polar surface area (TPSA) is 84.9 Å². The average molecular weight is 267 g/mol. The highest BCUT2D eigenvalue weighted by atomic mass is 16.6. The van der Waals surface area contributed by atoms with Crippen molar-refractivity contribution >= 4 is 17.6 Å². The molecule has 6 nitrogen and oxygen atoms in total. The maximum absolute atomic E-state index is 11.0. The number of carboxylic acids is 1. The molecule has 0 radical (unpaired) electrons. The van der Waals surface area contributed by atoms with E-state index >= 15 is 0 Å². The van der Waals surface area contributed by atoms with E-state index in [-0.39, 0.29) is 6.61 Å². The van der Waals surface area contributed by atoms with Gasteiger partial charge >= 0.3 is 11.9 Å². The number of hydrogen-bond donors (Lipinski definition) is 2. The summed E-state index contributed by atoms with van der Waals surface area (Å²) in [5.41, 5.74) is 1.54. The molecular weight excluding hydrogens is 250 g/mol. The number of aliphatic carboxylic acids is 1. The summed E-state index contributed by atoms with van der Waals surface area (Å²) >= 11 is 0. The first kappa shape index (κ1) is 14.8. The van der Waals surface area contributed by atoms with Gasteiger partial charge in [-0.3, -0.25) is 4.79 Å². The number of hydrogen-bond acceptors (Lipinski definition) is 5. The van der Waals surface area contributed by atoms with Crippen LogP contribution in [-0.4, -0.2) is 36.8 Å². The zero-order valence-corrected chi connectivity index (χ0v) is 11.1. The van der Waals surface area contributed by atoms with Crippen LogP contribution in [0.15, 0.2) is 18.2 Å². The molecule has 19 heavy (non-hydrogen) atoms. The Balaban J connectivity index is 2.76. The fourth-order valence-electron chi connectivity index (χ4n) is 1.34. The molecular formula is C13H17NO5. The molecule has 0 bridgehead atoms. The summed E-state index contributed by atoms with van der Waals surface area (Å²) in [7, 11) is 1.28. The molecule has 104 valence electrons. The molecule has 1 atom stereocenters. The largest absolute Gasteiger partial charge is 0.482 e. The van der Waals surface area contributed by atoms with Crippen molar-refractivity contribution in [3.8, 4) is 5.75 Å². The van der Waals surface area contributed by atoms with Crippen molar-refractivity contribution in [2.24, 2.45) is 0 Å². The molecule has 2 N–H and O–H groups in total. The van der Waals surface area contributed by atoms with Crippen molar-refractivity contribution in [1.82, 2.24) is 0 Å². The van der Waals surface area contributed by atoms with Gasteiger partial charge in [-0.25, -0.2) is 4.79 Å². The predicted octanol–water partition coefficient (Wildman–Crippen LogP) is 1.43. The summed E-state index contributed by atoms with van der Waals surface area (Å²) in [6, 6.07) is 4.42. The number of carbonyl (C=O) groups is 2. The van der Waals surface area contributed by atoms with Gasteiger partial charge in [0.05, 0.1) is 7.11 Å². The number of rotatable bonds is 6. The maximum Gasteiger partial charge on any atom is 0.343 e. The number of ether oxygens (including phenoxy) is 2. The van der Waals surface area contributed by atoms with Crippen molar-refractivity contribution in [2.45, 2.75) is 19.9 Å². The normalized spacial score (nSPS) is 11.5. The Morgan fingerprint density at radius 3 is 2.68 bits per heavy atom. The van der Waals surface area contributed by atoms with Gasteiger partial charge in [0.15, 0.2) is 6.61 Å². The lowest BCUT2D eigenvalue weighted by molar-refractivity contribution is -0.143. The third kappa shape index (κ3) is 4.50. The number of esters is 1. The standard InChI is InChI=1S/C13H17NO5/c1-8-4-5-10(19-7-12(15)18-3)6-11(8)14-9(2)13(16)17/h4-6,9,14H,7H2,1-3H3,(H,16,17). The third-order valence-corrected chi connectivity index (χ3v) is 2.54. The van der Waals surface area contributed by atoms with E-state index < -0.39 is 18.0 Å². The van der Waals surface area contributed by atoms with E-state index in [9.17, 15) is 9.59 Å². The van der Waals surface area contributed by atoms with E-state index in [1.807, 2.05) is 6.92 Å². The number of anilines is 1. The van der Waals surface area contributed by atoms with Crippen LogP contribution in [0.2, 0.25) is 0 Å². The second-order valence-corrected chi connectivity index (χ2v) is 4.05. The molecule has 0 spiro atoms. The Morgan fingerprint density at radius 2 is 2.11 bits per heavy atom. The lowest BCUT2D eigenvalue weighted by Gasteiger charge is -2.14. The van der Waals surface area contributed by atoms with Gasteiger partial charge in [0.1, 0.15) is 11.8 Å².